The van der Waals surface area contributed by atoms with Crippen molar-refractivity contribution in [1.82, 2.24) is 13.7 Å². The summed E-state index contributed by atoms with van der Waals surface area (Å²) in [5.74, 6) is 1.44. The lowest BCUT2D eigenvalue weighted by molar-refractivity contribution is -0.00816. The van der Waals surface area contributed by atoms with Crippen LogP contribution in [0.3, 0.4) is 0 Å². The van der Waals surface area contributed by atoms with Crippen molar-refractivity contribution in [3.05, 3.63) is 80.6 Å². The van der Waals surface area contributed by atoms with E-state index in [1.807, 2.05) is 55.5 Å². The molecule has 2 aromatic carbocycles. The Morgan fingerprint density at radius 2 is 1.72 bits per heavy atom. The zero-order valence-corrected chi connectivity index (χ0v) is 21.5. The maximum atomic E-state index is 13.7. The average molecular weight is 490 g/mol. The third-order valence-electron chi connectivity index (χ3n) is 6.93. The van der Waals surface area contributed by atoms with Crippen LogP contribution in [0.4, 0.5) is 0 Å². The molecule has 0 spiro atoms. The summed E-state index contributed by atoms with van der Waals surface area (Å²) in [7, 11) is 4.84. The van der Waals surface area contributed by atoms with Crippen LogP contribution in [-0.4, -0.2) is 34.0 Å². The van der Waals surface area contributed by atoms with Crippen molar-refractivity contribution in [2.24, 2.45) is 14.1 Å². The summed E-state index contributed by atoms with van der Waals surface area (Å²) in [4.78, 5) is 26.8. The minimum Gasteiger partial charge on any atom is -0.497 e. The molecule has 5 rings (SSSR count). The van der Waals surface area contributed by atoms with Gasteiger partial charge in [-0.1, -0.05) is 18.2 Å². The minimum absolute atomic E-state index is 0.339. The Bertz CT molecular complexity index is 1570. The molecule has 0 N–H and O–H groups in total. The molecule has 0 unspecified atom stereocenters. The number of nitrogens with zero attached hydrogens (tertiary/aromatic N) is 3. The van der Waals surface area contributed by atoms with Crippen molar-refractivity contribution in [1.29, 1.82) is 0 Å². The summed E-state index contributed by atoms with van der Waals surface area (Å²) in [6.07, 6.45) is -0.534. The third kappa shape index (κ3) is 3.47. The number of hydrogen-bond donors (Lipinski definition) is 0. The number of benzene rings is 2. The summed E-state index contributed by atoms with van der Waals surface area (Å²) >= 11 is 0. The number of aromatic nitrogens is 3. The van der Waals surface area contributed by atoms with Crippen LogP contribution in [0, 0.1) is 0 Å². The monoisotopic (exact) mass is 489 g/mol. The van der Waals surface area contributed by atoms with Gasteiger partial charge in [0.05, 0.1) is 48.2 Å². The lowest BCUT2D eigenvalue weighted by Gasteiger charge is -2.39. The fourth-order valence-corrected chi connectivity index (χ4v) is 5.24. The van der Waals surface area contributed by atoms with Crippen molar-refractivity contribution < 1.29 is 14.2 Å². The van der Waals surface area contributed by atoms with E-state index in [4.69, 9.17) is 14.2 Å². The molecule has 0 saturated carbocycles. The molecular formula is C28H31N3O5. The highest BCUT2D eigenvalue weighted by Gasteiger charge is 2.41. The number of hydrogen-bond acceptors (Lipinski definition) is 5. The van der Waals surface area contributed by atoms with E-state index in [1.54, 1.807) is 18.7 Å². The lowest BCUT2D eigenvalue weighted by atomic mass is 9.97. The summed E-state index contributed by atoms with van der Waals surface area (Å²) in [5.41, 5.74) is 2.57. The Labute approximate surface area is 209 Å². The number of para-hydroxylation sites is 1. The van der Waals surface area contributed by atoms with Crippen LogP contribution < -0.4 is 20.7 Å². The second-order valence-electron chi connectivity index (χ2n) is 9.70. The van der Waals surface area contributed by atoms with Gasteiger partial charge >= 0.3 is 5.69 Å². The Balaban J connectivity index is 1.96. The predicted octanol–water partition coefficient (Wildman–Crippen LogP) is 3.97. The summed E-state index contributed by atoms with van der Waals surface area (Å²) in [6.45, 7) is 7.01. The van der Waals surface area contributed by atoms with Crippen molar-refractivity contribution in [3.8, 4) is 22.8 Å². The van der Waals surface area contributed by atoms with Gasteiger partial charge in [-0.15, -0.1) is 0 Å². The van der Waals surface area contributed by atoms with Crippen LogP contribution in [0.5, 0.6) is 11.5 Å². The van der Waals surface area contributed by atoms with E-state index in [2.05, 4.69) is 18.4 Å². The zero-order chi connectivity index (χ0) is 25.8. The van der Waals surface area contributed by atoms with Gasteiger partial charge < -0.3 is 18.8 Å². The Morgan fingerprint density at radius 1 is 1.03 bits per heavy atom. The van der Waals surface area contributed by atoms with Gasteiger partial charge in [-0.25, -0.2) is 4.79 Å². The molecule has 3 heterocycles. The number of methoxy groups -OCH3 is 1. The highest BCUT2D eigenvalue weighted by atomic mass is 16.5. The van der Waals surface area contributed by atoms with Gasteiger partial charge in [0.1, 0.15) is 17.6 Å². The molecule has 36 heavy (non-hydrogen) atoms. The highest BCUT2D eigenvalue weighted by Crippen LogP contribution is 2.47. The maximum absolute atomic E-state index is 13.7. The molecule has 0 bridgehead atoms. The minimum atomic E-state index is -0.534. The van der Waals surface area contributed by atoms with Crippen molar-refractivity contribution in [2.75, 3.05) is 20.3 Å². The molecule has 0 saturated heterocycles. The van der Waals surface area contributed by atoms with E-state index in [0.29, 0.717) is 29.9 Å². The first-order valence-electron chi connectivity index (χ1n) is 12.0. The number of ether oxygens (including phenoxy) is 3. The van der Waals surface area contributed by atoms with Crippen LogP contribution in [0.2, 0.25) is 0 Å². The number of fused-ring (bicyclic) bond motifs is 3. The van der Waals surface area contributed by atoms with Gasteiger partial charge in [-0.3, -0.25) is 13.9 Å². The average Bonchev–Trinajstić information content (AvgIpc) is 3.25. The summed E-state index contributed by atoms with van der Waals surface area (Å²) in [6, 6.07) is 15.4. The normalized spacial score (nSPS) is 16.7. The molecule has 4 aromatic rings. The first-order chi connectivity index (χ1) is 17.2. The zero-order valence-electron chi connectivity index (χ0n) is 21.5. The van der Waals surface area contributed by atoms with Crippen LogP contribution in [-0.2, 0) is 24.4 Å². The quantitative estimate of drug-likeness (QED) is 0.424. The van der Waals surface area contributed by atoms with Crippen molar-refractivity contribution >= 4 is 10.9 Å². The first-order valence-corrected chi connectivity index (χ1v) is 12.0. The summed E-state index contributed by atoms with van der Waals surface area (Å²) in [5, 5.41) is 0.484. The van der Waals surface area contributed by atoms with Crippen LogP contribution in [0.15, 0.2) is 58.1 Å². The van der Waals surface area contributed by atoms with Crippen molar-refractivity contribution in [3.63, 3.8) is 0 Å². The van der Waals surface area contributed by atoms with Gasteiger partial charge in [0, 0.05) is 19.7 Å². The van der Waals surface area contributed by atoms with Crippen LogP contribution in [0.25, 0.3) is 22.2 Å². The maximum Gasteiger partial charge on any atom is 0.331 e. The predicted molar refractivity (Wildman–Crippen MR) is 139 cm³/mol. The number of aryl methyl sites for hydroxylation is 1. The van der Waals surface area contributed by atoms with E-state index in [0.717, 1.165) is 28.3 Å². The Hall–Kier alpha value is -3.78. The molecule has 1 aliphatic heterocycles. The molecule has 0 fully saturated rings. The molecular weight excluding hydrogens is 458 g/mol. The fraction of sp³-hybridized carbons (Fsp3) is 0.357. The molecule has 188 valence electrons. The van der Waals surface area contributed by atoms with Crippen LogP contribution >= 0.6 is 0 Å². The molecule has 1 atom stereocenters. The van der Waals surface area contributed by atoms with E-state index in [1.165, 1.54) is 11.6 Å². The second kappa shape index (κ2) is 8.71. The van der Waals surface area contributed by atoms with E-state index in [-0.39, 0.29) is 11.2 Å². The largest absolute Gasteiger partial charge is 0.497 e. The Kier molecular flexibility index (Phi) is 5.79. The fourth-order valence-electron chi connectivity index (χ4n) is 5.24. The van der Waals surface area contributed by atoms with E-state index < -0.39 is 11.6 Å². The van der Waals surface area contributed by atoms with Crippen LogP contribution in [0.1, 0.15) is 38.1 Å². The molecule has 2 aromatic heterocycles. The molecule has 0 radical (unpaired) electrons. The third-order valence-corrected chi connectivity index (χ3v) is 6.93. The van der Waals surface area contributed by atoms with Gasteiger partial charge in [0.2, 0.25) is 0 Å². The molecule has 8 nitrogen and oxygen atoms in total. The second-order valence-corrected chi connectivity index (χ2v) is 9.70. The Morgan fingerprint density at radius 3 is 2.39 bits per heavy atom. The molecule has 0 aliphatic carbocycles. The van der Waals surface area contributed by atoms with Gasteiger partial charge in [0.25, 0.3) is 5.56 Å². The molecule has 1 aliphatic rings. The SMILES string of the molecule is CCOc1ccccc1[C@H]1OCC(C)(C)n2c(-c3ccc(OC)cc3)c3c(=O)n(C)c(=O)n(C)c3c21. The van der Waals surface area contributed by atoms with Gasteiger partial charge in [-0.05, 0) is 56.7 Å². The molecule has 0 amide bonds. The topological polar surface area (TPSA) is 76.6 Å². The smallest absolute Gasteiger partial charge is 0.331 e. The summed E-state index contributed by atoms with van der Waals surface area (Å²) < 4.78 is 22.7. The molecule has 8 heteroatoms. The lowest BCUT2D eigenvalue weighted by Crippen LogP contribution is -2.40. The standard InChI is InChI=1S/C28H31N3O5/c1-7-35-20-11-9-8-10-19(20)25-24-23-21(26(32)30(5)27(33)29(23)4)22(31(24)28(2,3)16-36-25)17-12-14-18(34-6)15-13-17/h8-15,25H,7,16H2,1-6H3/t25-/m1/s1. The first kappa shape index (κ1) is 23.9. The van der Waals surface area contributed by atoms with Gasteiger partial charge in [0.15, 0.2) is 0 Å². The van der Waals surface area contributed by atoms with E-state index >= 15 is 0 Å². The van der Waals surface area contributed by atoms with Crippen molar-refractivity contribution in [2.45, 2.75) is 32.4 Å². The highest BCUT2D eigenvalue weighted by molar-refractivity contribution is 5.97. The van der Waals surface area contributed by atoms with Gasteiger partial charge in [-0.2, -0.15) is 0 Å². The number of rotatable bonds is 5. The van der Waals surface area contributed by atoms with E-state index in [9.17, 15) is 9.59 Å².